The first-order valence-corrected chi connectivity index (χ1v) is 6.03. The zero-order chi connectivity index (χ0) is 15.2. The van der Waals surface area contributed by atoms with Gasteiger partial charge in [0, 0.05) is 6.92 Å². The van der Waals surface area contributed by atoms with Gasteiger partial charge in [-0.3, -0.25) is 14.4 Å². The molecule has 8 heteroatoms. The van der Waals surface area contributed by atoms with Gasteiger partial charge in [-0.1, -0.05) is 27.2 Å². The molecule has 2 atom stereocenters. The zero-order valence-electron chi connectivity index (χ0n) is 12.5. The Hall–Kier alpha value is -0.920. The Kier molecular flexibility index (Phi) is 9.72. The van der Waals surface area contributed by atoms with Crippen molar-refractivity contribution in [2.45, 2.75) is 40.5 Å². The fraction of sp³-hybridized carbons (Fsp3) is 0.667. The summed E-state index contributed by atoms with van der Waals surface area (Å²) < 4.78 is 0. The van der Waals surface area contributed by atoms with Crippen LogP contribution < -0.4 is 40.0 Å². The Morgan fingerprint density at radius 1 is 1.45 bits per heavy atom. The van der Waals surface area contributed by atoms with Crippen molar-refractivity contribution in [2.75, 3.05) is 0 Å². The Morgan fingerprint density at radius 3 is 2.20 bits per heavy atom. The van der Waals surface area contributed by atoms with E-state index >= 15 is 0 Å². The van der Waals surface area contributed by atoms with E-state index in [9.17, 15) is 14.7 Å². The minimum atomic E-state index is -1.15. The quantitative estimate of drug-likeness (QED) is 0.422. The average molecular weight is 294 g/mol. The maximum Gasteiger partial charge on any atom is 1.00 e. The maximum atomic E-state index is 11.8. The van der Waals surface area contributed by atoms with E-state index < -0.39 is 29.2 Å². The number of carboxylic acids is 1. The van der Waals surface area contributed by atoms with Gasteiger partial charge in [0.2, 0.25) is 5.91 Å². The Bertz CT molecular complexity index is 407. The predicted octanol–water partition coefficient (Wildman–Crippen LogP) is -3.10. The Morgan fingerprint density at radius 2 is 1.90 bits per heavy atom. The number of amides is 2. The number of carboxylic acid groups (broad SMARTS) is 1. The van der Waals surface area contributed by atoms with Crippen LogP contribution in [0.2, 0.25) is 0 Å². The van der Waals surface area contributed by atoms with Crippen LogP contribution >= 0.6 is 0 Å². The summed E-state index contributed by atoms with van der Waals surface area (Å²) in [4.78, 5) is 35.8. The van der Waals surface area contributed by atoms with Crippen molar-refractivity contribution in [3.8, 4) is 0 Å². The van der Waals surface area contributed by atoms with E-state index in [0.29, 0.717) is 12.8 Å². The molecule has 0 aliphatic carbocycles. The van der Waals surface area contributed by atoms with E-state index in [1.807, 2.05) is 13.8 Å². The number of aliphatic imine (C=N–C) groups is 1. The zero-order valence-corrected chi connectivity index (χ0v) is 14.5. The van der Waals surface area contributed by atoms with E-state index in [1.165, 1.54) is 0 Å². The Labute approximate surface area is 140 Å². The molecule has 0 aromatic heterocycles. The summed E-state index contributed by atoms with van der Waals surface area (Å²) in [6.07, 6.45) is 1.06. The molecule has 1 aliphatic rings. The van der Waals surface area contributed by atoms with E-state index in [1.54, 1.807) is 6.92 Å². The SMILES string of the molecule is CC(=O)O.CCC(C)C1(CC)C(=O)N=C([O-])NC1=O.[Na+]. The molecule has 0 fully saturated rings. The smallest absolute Gasteiger partial charge is 0.846 e. The number of carbonyl (C=O) groups excluding carboxylic acids is 2. The van der Waals surface area contributed by atoms with Gasteiger partial charge in [0.25, 0.3) is 11.9 Å². The first-order valence-electron chi connectivity index (χ1n) is 6.03. The molecule has 0 spiro atoms. The van der Waals surface area contributed by atoms with Crippen molar-refractivity contribution in [3.63, 3.8) is 0 Å². The topological polar surface area (TPSA) is 119 Å². The summed E-state index contributed by atoms with van der Waals surface area (Å²) >= 11 is 0. The normalized spacial score (nSPS) is 22.5. The first kappa shape index (κ1) is 21.4. The largest absolute Gasteiger partial charge is 1.00 e. The van der Waals surface area contributed by atoms with E-state index in [4.69, 9.17) is 9.90 Å². The minimum Gasteiger partial charge on any atom is -0.846 e. The number of nitrogens with one attached hydrogen (secondary N) is 1. The number of rotatable bonds is 3. The molecule has 0 saturated heterocycles. The van der Waals surface area contributed by atoms with Crippen molar-refractivity contribution in [1.82, 2.24) is 5.32 Å². The number of hydrogen-bond acceptors (Lipinski definition) is 4. The molecular formula is C12H19N2NaO5. The molecular weight excluding hydrogens is 275 g/mol. The van der Waals surface area contributed by atoms with Crippen LogP contribution in [-0.4, -0.2) is 28.9 Å². The summed E-state index contributed by atoms with van der Waals surface area (Å²) in [6, 6.07) is -0.850. The van der Waals surface area contributed by atoms with Crippen LogP contribution in [-0.2, 0) is 14.4 Å². The van der Waals surface area contributed by atoms with Crippen LogP contribution in [0.25, 0.3) is 0 Å². The number of amidine groups is 1. The summed E-state index contributed by atoms with van der Waals surface area (Å²) in [5.74, 6) is -2.07. The first-order chi connectivity index (χ1) is 8.72. The molecule has 7 nitrogen and oxygen atoms in total. The minimum absolute atomic E-state index is 0. The van der Waals surface area contributed by atoms with Gasteiger partial charge in [-0.15, -0.1) is 0 Å². The molecule has 1 aliphatic heterocycles. The molecule has 0 aromatic rings. The fourth-order valence-corrected chi connectivity index (χ4v) is 1.97. The molecule has 2 unspecified atom stereocenters. The van der Waals surface area contributed by atoms with Crippen LogP contribution in [0.1, 0.15) is 40.5 Å². The third kappa shape index (κ3) is 4.88. The summed E-state index contributed by atoms with van der Waals surface area (Å²) in [7, 11) is 0. The summed E-state index contributed by atoms with van der Waals surface area (Å²) in [5.41, 5.74) is -1.15. The maximum absolute atomic E-state index is 11.8. The van der Waals surface area contributed by atoms with Gasteiger partial charge in [0.15, 0.2) is 0 Å². The van der Waals surface area contributed by atoms with Gasteiger partial charge >= 0.3 is 29.6 Å². The van der Waals surface area contributed by atoms with Gasteiger partial charge in [-0.05, 0) is 12.3 Å². The Balaban J connectivity index is 0. The monoisotopic (exact) mass is 294 g/mol. The third-order valence-corrected chi connectivity index (χ3v) is 3.22. The van der Waals surface area contributed by atoms with E-state index in [2.05, 4.69) is 10.3 Å². The molecule has 1 heterocycles. The van der Waals surface area contributed by atoms with Crippen molar-refractivity contribution in [3.05, 3.63) is 0 Å². The second kappa shape index (κ2) is 9.10. The third-order valence-electron chi connectivity index (χ3n) is 3.22. The second-order valence-electron chi connectivity index (χ2n) is 4.33. The number of nitrogens with zero attached hydrogens (tertiary/aromatic N) is 1. The predicted molar refractivity (Wildman–Crippen MR) is 66.1 cm³/mol. The molecule has 108 valence electrons. The van der Waals surface area contributed by atoms with Crippen molar-refractivity contribution in [1.29, 1.82) is 0 Å². The molecule has 2 amide bonds. The van der Waals surface area contributed by atoms with Crippen molar-refractivity contribution >= 4 is 23.8 Å². The van der Waals surface area contributed by atoms with Gasteiger partial charge in [0.1, 0.15) is 5.41 Å². The number of aliphatic carboxylic acids is 1. The van der Waals surface area contributed by atoms with Gasteiger partial charge in [-0.25, -0.2) is 4.99 Å². The molecule has 0 bridgehead atoms. The van der Waals surface area contributed by atoms with Crippen LogP contribution in [0.4, 0.5) is 0 Å². The van der Waals surface area contributed by atoms with Gasteiger partial charge in [0.05, 0.1) is 6.02 Å². The van der Waals surface area contributed by atoms with Gasteiger partial charge < -0.3 is 15.5 Å². The van der Waals surface area contributed by atoms with Crippen LogP contribution in [0.5, 0.6) is 0 Å². The molecule has 0 aromatic carbocycles. The summed E-state index contributed by atoms with van der Waals surface area (Å²) in [5, 5.41) is 20.4. The second-order valence-corrected chi connectivity index (χ2v) is 4.33. The fourth-order valence-electron chi connectivity index (χ4n) is 1.97. The average Bonchev–Trinajstić information content (AvgIpc) is 2.27. The van der Waals surface area contributed by atoms with Gasteiger partial charge in [-0.2, -0.15) is 0 Å². The molecule has 2 N–H and O–H groups in total. The van der Waals surface area contributed by atoms with Crippen molar-refractivity contribution in [2.24, 2.45) is 16.3 Å². The van der Waals surface area contributed by atoms with Crippen molar-refractivity contribution < 1.29 is 54.2 Å². The van der Waals surface area contributed by atoms with Crippen LogP contribution in [0.15, 0.2) is 4.99 Å². The number of hydrogen-bond donors (Lipinski definition) is 2. The molecule has 0 radical (unpaired) electrons. The standard InChI is InChI=1S/C10H16N2O3.C2H4O2.Na/c1-4-6(3)10(5-2)7(13)11-9(15)12-8(10)14;1-2(3)4;/h6H,4-5H2,1-3H3,(H2,11,12,13,14,15);1H3,(H,3,4);/q;;+1/p-1. The van der Waals surface area contributed by atoms with Crippen LogP contribution in [0.3, 0.4) is 0 Å². The van der Waals surface area contributed by atoms with E-state index in [-0.39, 0.29) is 35.5 Å². The number of carbonyl (C=O) groups is 3. The summed E-state index contributed by atoms with van der Waals surface area (Å²) in [6.45, 7) is 6.57. The molecule has 20 heavy (non-hydrogen) atoms. The van der Waals surface area contributed by atoms with Crippen LogP contribution in [0, 0.1) is 11.3 Å². The molecule has 0 saturated carbocycles. The molecule has 1 rings (SSSR count). The van der Waals surface area contributed by atoms with E-state index in [0.717, 1.165) is 6.92 Å².